The summed E-state index contributed by atoms with van der Waals surface area (Å²) in [5.41, 5.74) is 2.32. The molecule has 6 saturated carbocycles. The summed E-state index contributed by atoms with van der Waals surface area (Å²) in [4.78, 5) is 0. The molecule has 6 aliphatic rings. The van der Waals surface area contributed by atoms with Gasteiger partial charge in [0, 0.05) is 0 Å². The molecule has 1 heteroatoms. The second-order valence-electron chi connectivity index (χ2n) is 13.5. The highest BCUT2D eigenvalue weighted by Crippen LogP contribution is 2.71. The molecule has 6 fully saturated rings. The van der Waals surface area contributed by atoms with Crippen LogP contribution >= 0.6 is 0 Å². The molecule has 6 aliphatic carbocycles. The zero-order valence-corrected chi connectivity index (χ0v) is 21.6. The summed E-state index contributed by atoms with van der Waals surface area (Å²) < 4.78 is 0. The first-order valence-electron chi connectivity index (χ1n) is 14.8. The van der Waals surface area contributed by atoms with Gasteiger partial charge in [0.1, 0.15) is 0 Å². The average molecular weight is 439 g/mol. The minimum Gasteiger partial charge on any atom is -0.103 e. The molecule has 6 rings (SSSR count). The van der Waals surface area contributed by atoms with Gasteiger partial charge in [0.05, 0.1) is 8.07 Å². The van der Waals surface area contributed by atoms with Crippen molar-refractivity contribution < 1.29 is 0 Å². The van der Waals surface area contributed by atoms with E-state index < -0.39 is 8.07 Å². The Kier molecular flexibility index (Phi) is 5.98. The van der Waals surface area contributed by atoms with Crippen molar-refractivity contribution in [3.63, 3.8) is 0 Å². The zero-order valence-electron chi connectivity index (χ0n) is 20.6. The first-order valence-corrected chi connectivity index (χ1v) is 17.7. The molecule has 0 N–H and O–H groups in total. The molecule has 0 amide bonds. The van der Waals surface area contributed by atoms with Gasteiger partial charge in [-0.15, -0.1) is 6.58 Å². The summed E-state index contributed by atoms with van der Waals surface area (Å²) in [7, 11) is -1.43. The van der Waals surface area contributed by atoms with Crippen LogP contribution in [-0.4, -0.2) is 8.07 Å². The summed E-state index contributed by atoms with van der Waals surface area (Å²) in [5, 5.41) is 0. The van der Waals surface area contributed by atoms with E-state index in [1.165, 1.54) is 6.04 Å². The number of allylic oxidation sites excluding steroid dienone is 1. The Morgan fingerprint density at radius 3 is 1.03 bits per heavy atom. The Balaban J connectivity index is 1.41. The van der Waals surface area contributed by atoms with E-state index in [1.54, 1.807) is 103 Å². The normalized spacial score (nSPS) is 51.1. The van der Waals surface area contributed by atoms with Gasteiger partial charge in [0.15, 0.2) is 0 Å². The van der Waals surface area contributed by atoms with E-state index in [-0.39, 0.29) is 0 Å². The van der Waals surface area contributed by atoms with Crippen molar-refractivity contribution >= 4 is 8.07 Å². The Morgan fingerprint density at radius 1 is 0.516 bits per heavy atom. The predicted molar refractivity (Wildman–Crippen MR) is 136 cm³/mol. The molecule has 0 heterocycles. The second-order valence-corrected chi connectivity index (χ2v) is 18.3. The second kappa shape index (κ2) is 8.63. The topological polar surface area (TPSA) is 0 Å². The third-order valence-electron chi connectivity index (χ3n) is 12.6. The Labute approximate surface area is 194 Å². The summed E-state index contributed by atoms with van der Waals surface area (Å²) in [6, 6.07) is 1.46. The lowest BCUT2D eigenvalue weighted by Crippen LogP contribution is -2.49. The van der Waals surface area contributed by atoms with Crippen molar-refractivity contribution in [2.75, 3.05) is 0 Å². The largest absolute Gasteiger partial charge is 0.103 e. The number of hydrogen-bond donors (Lipinski definition) is 0. The molecule has 0 bridgehead atoms. The van der Waals surface area contributed by atoms with Gasteiger partial charge in [-0.25, -0.2) is 0 Å². The van der Waals surface area contributed by atoms with E-state index in [2.05, 4.69) is 19.2 Å². The lowest BCUT2D eigenvalue weighted by molar-refractivity contribution is 0.184. The molecule has 0 radical (unpaired) electrons. The van der Waals surface area contributed by atoms with E-state index in [9.17, 15) is 0 Å². The zero-order chi connectivity index (χ0) is 21.0. The Hall–Kier alpha value is -0.0431. The highest BCUT2D eigenvalue weighted by atomic mass is 28.3. The monoisotopic (exact) mass is 438 g/mol. The maximum atomic E-state index is 4.44. The maximum Gasteiger partial charge on any atom is 0.0615 e. The van der Waals surface area contributed by atoms with Crippen molar-refractivity contribution in [3.05, 3.63) is 12.7 Å². The minimum atomic E-state index is -1.43. The quantitative estimate of drug-likeness (QED) is 0.303. The fourth-order valence-electron chi connectivity index (χ4n) is 12.1. The van der Waals surface area contributed by atoms with Crippen LogP contribution in [0.1, 0.15) is 103 Å². The summed E-state index contributed by atoms with van der Waals surface area (Å²) >= 11 is 0. The third-order valence-corrected chi connectivity index (χ3v) is 18.5. The average Bonchev–Trinajstić information content (AvgIpc) is 3.33. The molecule has 0 aliphatic heterocycles. The SMILES string of the molecule is C=CC[Si](C)(C1C2CCCCC2C2CCCCC21)C1C2CCCCC2C2CCCCC21. The van der Waals surface area contributed by atoms with Crippen molar-refractivity contribution in [1.82, 2.24) is 0 Å². The molecular weight excluding hydrogens is 388 g/mol. The Morgan fingerprint density at radius 2 is 0.774 bits per heavy atom. The number of rotatable bonds is 4. The van der Waals surface area contributed by atoms with Crippen LogP contribution in [0.3, 0.4) is 0 Å². The Bertz CT molecular complexity index is 561. The fourth-order valence-corrected chi connectivity index (χ4v) is 19.2. The van der Waals surface area contributed by atoms with Gasteiger partial charge in [0.25, 0.3) is 0 Å². The van der Waals surface area contributed by atoms with Crippen LogP contribution in [0.25, 0.3) is 0 Å². The van der Waals surface area contributed by atoms with Crippen LogP contribution in [0.15, 0.2) is 12.7 Å². The molecule has 0 spiro atoms. The van der Waals surface area contributed by atoms with Crippen molar-refractivity contribution in [3.8, 4) is 0 Å². The summed E-state index contributed by atoms with van der Waals surface area (Å²) in [6.45, 7) is 7.43. The van der Waals surface area contributed by atoms with E-state index >= 15 is 0 Å². The predicted octanol–water partition coefficient (Wildman–Crippen LogP) is 9.24. The van der Waals surface area contributed by atoms with Gasteiger partial charge in [0.2, 0.25) is 0 Å². The van der Waals surface area contributed by atoms with Gasteiger partial charge in [-0.2, -0.15) is 0 Å². The van der Waals surface area contributed by atoms with Gasteiger partial charge in [-0.3, -0.25) is 0 Å². The molecule has 0 aromatic heterocycles. The lowest BCUT2D eigenvalue weighted by Gasteiger charge is -2.51. The van der Waals surface area contributed by atoms with E-state index in [1.807, 2.05) is 0 Å². The molecule has 0 nitrogen and oxygen atoms in total. The van der Waals surface area contributed by atoms with E-state index in [4.69, 9.17) is 0 Å². The number of hydrogen-bond acceptors (Lipinski definition) is 0. The van der Waals surface area contributed by atoms with Crippen molar-refractivity contribution in [1.29, 1.82) is 0 Å². The van der Waals surface area contributed by atoms with Crippen LogP contribution in [0, 0.1) is 47.3 Å². The van der Waals surface area contributed by atoms with Crippen LogP contribution in [-0.2, 0) is 0 Å². The molecule has 31 heavy (non-hydrogen) atoms. The first kappa shape index (κ1) is 21.5. The summed E-state index contributed by atoms with van der Waals surface area (Å²) in [5.74, 6) is 9.04. The van der Waals surface area contributed by atoms with E-state index in [0.29, 0.717) is 0 Å². The molecule has 0 aromatic carbocycles. The summed E-state index contributed by atoms with van der Waals surface area (Å²) in [6.07, 6.45) is 27.7. The van der Waals surface area contributed by atoms with Crippen LogP contribution in [0.2, 0.25) is 23.7 Å². The molecule has 8 unspecified atom stereocenters. The lowest BCUT2D eigenvalue weighted by atomic mass is 9.73. The van der Waals surface area contributed by atoms with Crippen LogP contribution in [0.5, 0.6) is 0 Å². The smallest absolute Gasteiger partial charge is 0.0615 e. The fraction of sp³-hybridized carbons (Fsp3) is 0.933. The first-order chi connectivity index (χ1) is 15.2. The standard InChI is InChI=1S/C30H50Si/c1-3-20-31(2,29-25-16-8-4-12-21(25)22-13-5-9-17-26(22)29)30-27-18-10-6-14-23(27)24-15-7-11-19-28(24)30/h3,21-30H,1,4-20H2,2H3. The third kappa shape index (κ3) is 3.32. The molecule has 8 atom stereocenters. The maximum absolute atomic E-state index is 4.44. The number of fused-ring (bicyclic) bond motifs is 6. The van der Waals surface area contributed by atoms with Gasteiger partial charge in [-0.05, 0) is 90.2 Å². The van der Waals surface area contributed by atoms with Gasteiger partial charge >= 0.3 is 0 Å². The van der Waals surface area contributed by atoms with Crippen molar-refractivity contribution in [2.24, 2.45) is 47.3 Å². The van der Waals surface area contributed by atoms with Crippen molar-refractivity contribution in [2.45, 2.75) is 126 Å². The van der Waals surface area contributed by atoms with Crippen LogP contribution < -0.4 is 0 Å². The molecule has 174 valence electrons. The minimum absolute atomic E-state index is 1.13. The van der Waals surface area contributed by atoms with Crippen LogP contribution in [0.4, 0.5) is 0 Å². The molecule has 0 aromatic rings. The van der Waals surface area contributed by atoms with Gasteiger partial charge in [-0.1, -0.05) is 89.7 Å². The highest BCUT2D eigenvalue weighted by Gasteiger charge is 2.64. The molecular formula is C30H50Si. The highest BCUT2D eigenvalue weighted by molar-refractivity contribution is 6.82. The van der Waals surface area contributed by atoms with Gasteiger partial charge < -0.3 is 0 Å². The molecule has 0 saturated heterocycles. The van der Waals surface area contributed by atoms with E-state index in [0.717, 1.165) is 58.4 Å².